The zero-order valence-electron chi connectivity index (χ0n) is 12.0. The number of rotatable bonds is 5. The minimum absolute atomic E-state index is 0.000792. The average Bonchev–Trinajstić information content (AvgIpc) is 2.87. The molecule has 0 radical (unpaired) electrons. The van der Waals surface area contributed by atoms with E-state index in [-0.39, 0.29) is 18.4 Å². The summed E-state index contributed by atoms with van der Waals surface area (Å²) in [5, 5.41) is 15.5. The molecule has 1 aliphatic heterocycles. The van der Waals surface area contributed by atoms with Crippen molar-refractivity contribution in [1.82, 2.24) is 5.32 Å². The number of aliphatic hydroxyl groups excluding tert-OH is 1. The average molecular weight is 278 g/mol. The highest BCUT2D eigenvalue weighted by atomic mass is 16.5. The van der Waals surface area contributed by atoms with E-state index in [9.17, 15) is 9.90 Å². The Hall–Kier alpha value is -1.59. The molecule has 1 aromatic carbocycles. The molecule has 1 heterocycles. The van der Waals surface area contributed by atoms with Crippen molar-refractivity contribution in [3.63, 3.8) is 0 Å². The first-order valence-corrected chi connectivity index (χ1v) is 7.03. The number of hydrogen-bond donors (Lipinski definition) is 3. The fraction of sp³-hybridized carbons (Fsp3) is 0.533. The molecule has 0 spiro atoms. The molecule has 5 nitrogen and oxygen atoms in total. The number of benzene rings is 1. The molecule has 0 bridgehead atoms. The van der Waals surface area contributed by atoms with Crippen molar-refractivity contribution in [2.24, 2.45) is 11.8 Å². The Morgan fingerprint density at radius 3 is 2.90 bits per heavy atom. The summed E-state index contributed by atoms with van der Waals surface area (Å²) in [6, 6.07) is 5.34. The Kier molecular flexibility index (Phi) is 4.98. The molecule has 1 amide bonds. The van der Waals surface area contributed by atoms with E-state index in [1.807, 2.05) is 6.92 Å². The van der Waals surface area contributed by atoms with Crippen LogP contribution in [0.3, 0.4) is 0 Å². The fourth-order valence-corrected chi connectivity index (χ4v) is 2.47. The summed E-state index contributed by atoms with van der Waals surface area (Å²) >= 11 is 0. The van der Waals surface area contributed by atoms with Gasteiger partial charge in [-0.15, -0.1) is 0 Å². The number of hydrogen-bond acceptors (Lipinski definition) is 4. The van der Waals surface area contributed by atoms with Crippen molar-refractivity contribution < 1.29 is 14.6 Å². The second kappa shape index (κ2) is 6.72. The Morgan fingerprint density at radius 1 is 1.50 bits per heavy atom. The zero-order valence-corrected chi connectivity index (χ0v) is 12.0. The second-order valence-corrected chi connectivity index (χ2v) is 5.14. The topological polar surface area (TPSA) is 70.6 Å². The smallest absolute Gasteiger partial charge is 0.229 e. The normalized spacial score (nSPS) is 21.8. The Labute approximate surface area is 119 Å². The van der Waals surface area contributed by atoms with Gasteiger partial charge in [0, 0.05) is 17.8 Å². The largest absolute Gasteiger partial charge is 0.494 e. The monoisotopic (exact) mass is 278 g/mol. The van der Waals surface area contributed by atoms with Crippen LogP contribution in [0.25, 0.3) is 0 Å². The van der Waals surface area contributed by atoms with Gasteiger partial charge >= 0.3 is 0 Å². The highest BCUT2D eigenvalue weighted by Gasteiger charge is 2.29. The SMILES string of the molecule is CCOc1ccc(NC(=O)[C@@H]2CNC[C@H]2C)cc1CO. The Balaban J connectivity index is 2.07. The van der Waals surface area contributed by atoms with Crippen LogP contribution in [0, 0.1) is 11.8 Å². The van der Waals surface area contributed by atoms with Gasteiger partial charge in [0.05, 0.1) is 19.1 Å². The fourth-order valence-electron chi connectivity index (χ4n) is 2.47. The van der Waals surface area contributed by atoms with Crippen molar-refractivity contribution in [1.29, 1.82) is 0 Å². The van der Waals surface area contributed by atoms with Gasteiger partial charge in [-0.05, 0) is 37.6 Å². The van der Waals surface area contributed by atoms with Crippen LogP contribution >= 0.6 is 0 Å². The first-order chi connectivity index (χ1) is 9.65. The lowest BCUT2D eigenvalue weighted by atomic mass is 9.97. The number of carbonyl (C=O) groups excluding carboxylic acids is 1. The number of amides is 1. The van der Waals surface area contributed by atoms with Crippen LogP contribution in [0.4, 0.5) is 5.69 Å². The van der Waals surface area contributed by atoms with Gasteiger partial charge in [-0.2, -0.15) is 0 Å². The third-order valence-electron chi connectivity index (χ3n) is 3.65. The van der Waals surface area contributed by atoms with Crippen LogP contribution in [-0.2, 0) is 11.4 Å². The first kappa shape index (κ1) is 14.8. The highest BCUT2D eigenvalue weighted by molar-refractivity contribution is 5.93. The molecule has 110 valence electrons. The number of anilines is 1. The van der Waals surface area contributed by atoms with Crippen LogP contribution in [0.2, 0.25) is 0 Å². The lowest BCUT2D eigenvalue weighted by molar-refractivity contribution is -0.120. The minimum Gasteiger partial charge on any atom is -0.494 e. The van der Waals surface area contributed by atoms with E-state index in [0.29, 0.717) is 29.5 Å². The lowest BCUT2D eigenvalue weighted by Crippen LogP contribution is -2.27. The van der Waals surface area contributed by atoms with E-state index in [0.717, 1.165) is 13.1 Å². The molecule has 0 aliphatic carbocycles. The second-order valence-electron chi connectivity index (χ2n) is 5.14. The van der Waals surface area contributed by atoms with Crippen molar-refractivity contribution in [2.75, 3.05) is 25.0 Å². The van der Waals surface area contributed by atoms with Crippen LogP contribution in [-0.4, -0.2) is 30.7 Å². The van der Waals surface area contributed by atoms with E-state index in [4.69, 9.17) is 4.74 Å². The molecule has 0 aromatic heterocycles. The van der Waals surface area contributed by atoms with Gasteiger partial charge in [0.15, 0.2) is 0 Å². The first-order valence-electron chi connectivity index (χ1n) is 7.03. The Morgan fingerprint density at radius 2 is 2.30 bits per heavy atom. The molecule has 1 aromatic rings. The van der Waals surface area contributed by atoms with Crippen LogP contribution < -0.4 is 15.4 Å². The van der Waals surface area contributed by atoms with Gasteiger partial charge in [-0.3, -0.25) is 4.79 Å². The van der Waals surface area contributed by atoms with Crippen LogP contribution in [0.15, 0.2) is 18.2 Å². The molecule has 5 heteroatoms. The molecular formula is C15H22N2O3. The molecule has 3 N–H and O–H groups in total. The van der Waals surface area contributed by atoms with Gasteiger partial charge < -0.3 is 20.5 Å². The third-order valence-corrected chi connectivity index (χ3v) is 3.65. The summed E-state index contributed by atoms with van der Waals surface area (Å²) in [4.78, 5) is 12.2. The maximum Gasteiger partial charge on any atom is 0.229 e. The molecule has 1 aliphatic rings. The lowest BCUT2D eigenvalue weighted by Gasteiger charge is -2.15. The number of ether oxygens (including phenoxy) is 1. The summed E-state index contributed by atoms with van der Waals surface area (Å²) in [6.07, 6.45) is 0. The van der Waals surface area contributed by atoms with Gasteiger partial charge in [-0.25, -0.2) is 0 Å². The molecular weight excluding hydrogens is 256 g/mol. The van der Waals surface area contributed by atoms with Crippen molar-refractivity contribution in [3.05, 3.63) is 23.8 Å². The maximum absolute atomic E-state index is 12.2. The molecule has 0 saturated carbocycles. The van der Waals surface area contributed by atoms with E-state index < -0.39 is 0 Å². The molecule has 2 atom stereocenters. The van der Waals surface area contributed by atoms with Crippen molar-refractivity contribution in [3.8, 4) is 5.75 Å². The number of carbonyl (C=O) groups is 1. The molecule has 1 fully saturated rings. The maximum atomic E-state index is 12.2. The van der Waals surface area contributed by atoms with Gasteiger partial charge in [-0.1, -0.05) is 6.92 Å². The molecule has 0 unspecified atom stereocenters. The quantitative estimate of drug-likeness (QED) is 0.761. The van der Waals surface area contributed by atoms with E-state index in [2.05, 4.69) is 17.6 Å². The van der Waals surface area contributed by atoms with Gasteiger partial charge in [0.2, 0.25) is 5.91 Å². The Bertz CT molecular complexity index is 476. The standard InChI is InChI=1S/C15H22N2O3/c1-3-20-14-5-4-12(6-11(14)9-18)17-15(19)13-8-16-7-10(13)2/h4-6,10,13,16,18H,3,7-9H2,1-2H3,(H,17,19)/t10-,13-/m1/s1. The van der Waals surface area contributed by atoms with Crippen molar-refractivity contribution in [2.45, 2.75) is 20.5 Å². The molecule has 20 heavy (non-hydrogen) atoms. The summed E-state index contributed by atoms with van der Waals surface area (Å²) < 4.78 is 5.42. The molecule has 2 rings (SSSR count). The predicted octanol–water partition coefficient (Wildman–Crippen LogP) is 1.37. The van der Waals surface area contributed by atoms with Crippen molar-refractivity contribution >= 4 is 11.6 Å². The van der Waals surface area contributed by atoms with Crippen LogP contribution in [0.5, 0.6) is 5.75 Å². The van der Waals surface area contributed by atoms with E-state index >= 15 is 0 Å². The van der Waals surface area contributed by atoms with E-state index in [1.165, 1.54) is 0 Å². The summed E-state index contributed by atoms with van der Waals surface area (Å²) in [5.41, 5.74) is 1.38. The highest BCUT2D eigenvalue weighted by Crippen LogP contribution is 2.24. The summed E-state index contributed by atoms with van der Waals surface area (Å²) in [7, 11) is 0. The third kappa shape index (κ3) is 3.29. The van der Waals surface area contributed by atoms with E-state index in [1.54, 1.807) is 18.2 Å². The molecule has 1 saturated heterocycles. The van der Waals surface area contributed by atoms with Gasteiger partial charge in [0.25, 0.3) is 0 Å². The van der Waals surface area contributed by atoms with Gasteiger partial charge in [0.1, 0.15) is 5.75 Å². The number of nitrogens with one attached hydrogen (secondary N) is 2. The summed E-state index contributed by atoms with van der Waals surface area (Å²) in [6.45, 7) is 6.00. The number of aliphatic hydroxyl groups is 1. The summed E-state index contributed by atoms with van der Waals surface area (Å²) in [5.74, 6) is 1.02. The predicted molar refractivity (Wildman–Crippen MR) is 77.7 cm³/mol. The van der Waals surface area contributed by atoms with Crippen LogP contribution in [0.1, 0.15) is 19.4 Å². The minimum atomic E-state index is -0.111. The zero-order chi connectivity index (χ0) is 14.5.